The molecule has 0 unspecified atom stereocenters. The third-order valence-electron chi connectivity index (χ3n) is 3.57. The van der Waals surface area contributed by atoms with Gasteiger partial charge in [-0.3, -0.25) is 14.5 Å². The zero-order chi connectivity index (χ0) is 19.3. The largest absolute Gasteiger partial charge is 0.368 e. The van der Waals surface area contributed by atoms with Crippen LogP contribution in [-0.4, -0.2) is 45.8 Å². The van der Waals surface area contributed by atoms with Crippen molar-refractivity contribution < 1.29 is 9.59 Å². The zero-order valence-corrected chi connectivity index (χ0v) is 16.4. The quantitative estimate of drug-likeness (QED) is 0.448. The van der Waals surface area contributed by atoms with Crippen LogP contribution >= 0.6 is 46.4 Å². The first kappa shape index (κ1) is 18.9. The van der Waals surface area contributed by atoms with Crippen molar-refractivity contribution in [3.05, 3.63) is 37.0 Å². The molecule has 2 amide bonds. The Morgan fingerprint density at radius 1 is 0.885 bits per heavy atom. The fraction of sp³-hybridized carbons (Fsp3) is 0.214. The summed E-state index contributed by atoms with van der Waals surface area (Å²) in [5, 5.41) is -0.471. The van der Waals surface area contributed by atoms with Crippen molar-refractivity contribution in [3.8, 4) is 0 Å². The molecule has 0 saturated heterocycles. The number of hydrogen-bond donors (Lipinski definition) is 1. The fourth-order valence-electron chi connectivity index (χ4n) is 2.38. The predicted molar refractivity (Wildman–Crippen MR) is 99.3 cm³/mol. The van der Waals surface area contributed by atoms with Gasteiger partial charge in [-0.25, -0.2) is 0 Å². The van der Waals surface area contributed by atoms with Gasteiger partial charge >= 0.3 is 0 Å². The number of anilines is 2. The maximum atomic E-state index is 12.7. The first-order valence-corrected chi connectivity index (χ1v) is 8.54. The van der Waals surface area contributed by atoms with Crippen LogP contribution < -0.4 is 10.6 Å². The summed E-state index contributed by atoms with van der Waals surface area (Å²) in [5.74, 6) is -0.995. The molecule has 0 atom stereocenters. The van der Waals surface area contributed by atoms with E-state index in [9.17, 15) is 9.59 Å². The Morgan fingerprint density at radius 3 is 1.85 bits per heavy atom. The molecule has 3 rings (SSSR count). The van der Waals surface area contributed by atoms with Crippen molar-refractivity contribution >= 4 is 70.1 Å². The monoisotopic (exact) mass is 434 g/mol. The summed E-state index contributed by atoms with van der Waals surface area (Å²) in [4.78, 5) is 40.0. The Bertz CT molecular complexity index is 918. The summed E-state index contributed by atoms with van der Waals surface area (Å²) >= 11 is 24.1. The van der Waals surface area contributed by atoms with Crippen molar-refractivity contribution in [2.75, 3.05) is 24.7 Å². The average Bonchev–Trinajstić information content (AvgIpc) is 2.82. The van der Waals surface area contributed by atoms with Gasteiger partial charge in [-0.2, -0.15) is 15.0 Å². The van der Waals surface area contributed by atoms with Crippen molar-refractivity contribution in [1.29, 1.82) is 0 Å². The standard InChI is InChI=1S/C14H10Cl4N6O2/c1-23(2)14-21-4(20-13(19)22-14)3-24-11(25)5-6(12(24)26)8(16)10(18)9(17)7(5)15/h3H2,1-2H3,(H2,19,20,21,22). The highest BCUT2D eigenvalue weighted by Crippen LogP contribution is 2.44. The lowest BCUT2D eigenvalue weighted by Crippen LogP contribution is -2.30. The number of amides is 2. The minimum Gasteiger partial charge on any atom is -0.368 e. The maximum Gasteiger partial charge on any atom is 0.263 e. The lowest BCUT2D eigenvalue weighted by molar-refractivity contribution is 0.0638. The number of imide groups is 1. The van der Waals surface area contributed by atoms with E-state index in [1.807, 2.05) is 0 Å². The molecular weight excluding hydrogens is 426 g/mol. The second-order valence-corrected chi connectivity index (χ2v) is 7.02. The van der Waals surface area contributed by atoms with E-state index in [-0.39, 0.29) is 55.5 Å². The molecule has 0 radical (unpaired) electrons. The molecule has 1 aromatic heterocycles. The van der Waals surface area contributed by atoms with Gasteiger partial charge in [-0.05, 0) is 0 Å². The van der Waals surface area contributed by atoms with Crippen LogP contribution in [0.3, 0.4) is 0 Å². The molecule has 0 saturated carbocycles. The third-order valence-corrected chi connectivity index (χ3v) is 5.37. The average molecular weight is 436 g/mol. The van der Waals surface area contributed by atoms with Gasteiger partial charge in [0.25, 0.3) is 11.8 Å². The normalized spacial score (nSPS) is 13.4. The van der Waals surface area contributed by atoms with Crippen LogP contribution in [0.1, 0.15) is 26.5 Å². The number of benzene rings is 1. The molecule has 2 N–H and O–H groups in total. The smallest absolute Gasteiger partial charge is 0.263 e. The number of nitrogens with two attached hydrogens (primary N) is 1. The van der Waals surface area contributed by atoms with Gasteiger partial charge < -0.3 is 10.6 Å². The van der Waals surface area contributed by atoms with Crippen molar-refractivity contribution in [3.63, 3.8) is 0 Å². The van der Waals surface area contributed by atoms with Crippen LogP contribution in [0.5, 0.6) is 0 Å². The van der Waals surface area contributed by atoms with Crippen molar-refractivity contribution in [1.82, 2.24) is 19.9 Å². The molecule has 0 aliphatic carbocycles. The zero-order valence-electron chi connectivity index (χ0n) is 13.3. The van der Waals surface area contributed by atoms with Crippen LogP contribution in [0.15, 0.2) is 0 Å². The second kappa shape index (κ2) is 6.70. The van der Waals surface area contributed by atoms with Gasteiger partial charge in [0.15, 0.2) is 5.82 Å². The van der Waals surface area contributed by atoms with Gasteiger partial charge in [-0.15, -0.1) is 0 Å². The van der Waals surface area contributed by atoms with Crippen molar-refractivity contribution in [2.45, 2.75) is 6.54 Å². The predicted octanol–water partition coefficient (Wildman–Crippen LogP) is 2.93. The topological polar surface area (TPSA) is 105 Å². The number of aromatic nitrogens is 3. The number of carbonyl (C=O) groups excluding carboxylic acids is 2. The van der Waals surface area contributed by atoms with Gasteiger partial charge in [0.2, 0.25) is 11.9 Å². The lowest BCUT2D eigenvalue weighted by atomic mass is 10.1. The van der Waals surface area contributed by atoms with E-state index in [1.54, 1.807) is 19.0 Å². The van der Waals surface area contributed by atoms with Crippen molar-refractivity contribution in [2.24, 2.45) is 0 Å². The van der Waals surface area contributed by atoms with E-state index in [0.29, 0.717) is 0 Å². The Kier molecular flexibility index (Phi) is 4.87. The molecule has 8 nitrogen and oxygen atoms in total. The van der Waals surface area contributed by atoms with E-state index in [0.717, 1.165) is 4.90 Å². The molecule has 2 aromatic rings. The molecule has 26 heavy (non-hydrogen) atoms. The summed E-state index contributed by atoms with van der Waals surface area (Å²) < 4.78 is 0. The fourth-order valence-corrected chi connectivity index (χ4v) is 3.39. The van der Waals surface area contributed by atoms with Gasteiger partial charge in [0.1, 0.15) is 0 Å². The van der Waals surface area contributed by atoms with E-state index in [2.05, 4.69) is 15.0 Å². The molecule has 1 aliphatic rings. The molecule has 0 bridgehead atoms. The van der Waals surface area contributed by atoms with E-state index in [1.165, 1.54) is 0 Å². The van der Waals surface area contributed by atoms with E-state index >= 15 is 0 Å². The first-order chi connectivity index (χ1) is 12.1. The lowest BCUT2D eigenvalue weighted by Gasteiger charge is -2.15. The highest BCUT2D eigenvalue weighted by Gasteiger charge is 2.42. The number of nitrogen functional groups attached to an aromatic ring is 1. The number of halogens is 4. The summed E-state index contributed by atoms with van der Waals surface area (Å²) in [6, 6.07) is 0. The number of rotatable bonds is 3. The third kappa shape index (κ3) is 2.92. The van der Waals surface area contributed by atoms with Crippen LogP contribution in [0, 0.1) is 0 Å². The number of nitrogens with zero attached hydrogens (tertiary/aromatic N) is 5. The maximum absolute atomic E-state index is 12.7. The number of carbonyl (C=O) groups is 2. The molecule has 1 aromatic carbocycles. The molecule has 0 fully saturated rings. The first-order valence-electron chi connectivity index (χ1n) is 7.03. The minimum absolute atomic E-state index is 0.0440. The molecule has 0 spiro atoms. The molecule has 12 heteroatoms. The summed E-state index contributed by atoms with van der Waals surface area (Å²) in [6.07, 6.45) is 0. The number of fused-ring (bicyclic) bond motifs is 1. The van der Waals surface area contributed by atoms with Crippen LogP contribution in [0.25, 0.3) is 0 Å². The summed E-state index contributed by atoms with van der Waals surface area (Å²) in [6.45, 7) is -0.248. The Balaban J connectivity index is 2.05. The van der Waals surface area contributed by atoms with Crippen LogP contribution in [-0.2, 0) is 6.54 Å². The molecule has 136 valence electrons. The molecular formula is C14H10Cl4N6O2. The van der Waals surface area contributed by atoms with Gasteiger partial charge in [-0.1, -0.05) is 46.4 Å². The van der Waals surface area contributed by atoms with E-state index in [4.69, 9.17) is 52.1 Å². The minimum atomic E-state index is -0.680. The summed E-state index contributed by atoms with van der Waals surface area (Å²) in [7, 11) is 3.42. The second-order valence-electron chi connectivity index (χ2n) is 5.51. The summed E-state index contributed by atoms with van der Waals surface area (Å²) in [5.41, 5.74) is 5.45. The Labute approximate surface area is 167 Å². The Morgan fingerprint density at radius 2 is 1.38 bits per heavy atom. The van der Waals surface area contributed by atoms with Gasteiger partial charge in [0, 0.05) is 14.1 Å². The van der Waals surface area contributed by atoms with Crippen LogP contribution in [0.2, 0.25) is 20.1 Å². The van der Waals surface area contributed by atoms with Gasteiger partial charge in [0.05, 0.1) is 37.8 Å². The molecule has 2 heterocycles. The van der Waals surface area contributed by atoms with Crippen LogP contribution in [0.4, 0.5) is 11.9 Å². The highest BCUT2D eigenvalue weighted by molar-refractivity contribution is 6.55. The SMILES string of the molecule is CN(C)c1nc(N)nc(CN2C(=O)c3c(Cl)c(Cl)c(Cl)c(Cl)c3C2=O)n1. The molecule has 1 aliphatic heterocycles. The highest BCUT2D eigenvalue weighted by atomic mass is 35.5. The Hall–Kier alpha value is -1.87. The van der Waals surface area contributed by atoms with E-state index < -0.39 is 11.8 Å². The number of hydrogen-bond acceptors (Lipinski definition) is 7.